The van der Waals surface area contributed by atoms with Gasteiger partial charge < -0.3 is 10.1 Å². The number of halogens is 1. The van der Waals surface area contributed by atoms with Gasteiger partial charge in [0.25, 0.3) is 5.91 Å². The molecule has 1 saturated carbocycles. The van der Waals surface area contributed by atoms with Crippen LogP contribution in [0.4, 0.5) is 0 Å². The van der Waals surface area contributed by atoms with Crippen LogP contribution in [-0.4, -0.2) is 24.5 Å². The molecule has 1 fully saturated rings. The van der Waals surface area contributed by atoms with E-state index in [0.29, 0.717) is 5.02 Å². The summed E-state index contributed by atoms with van der Waals surface area (Å²) in [5, 5.41) is 3.28. The summed E-state index contributed by atoms with van der Waals surface area (Å²) < 4.78 is 4.81. The summed E-state index contributed by atoms with van der Waals surface area (Å²) in [6, 6.07) is 7.41. The molecule has 0 aliphatic heterocycles. The maximum Gasteiger partial charge on any atom is 0.331 e. The second kappa shape index (κ2) is 6.38. The van der Waals surface area contributed by atoms with Crippen LogP contribution in [0.25, 0.3) is 6.08 Å². The number of rotatable bonds is 5. The second-order valence-corrected chi connectivity index (χ2v) is 4.71. The van der Waals surface area contributed by atoms with Gasteiger partial charge in [-0.2, -0.15) is 0 Å². The minimum Gasteiger partial charge on any atom is -0.452 e. The zero-order valence-electron chi connectivity index (χ0n) is 10.3. The van der Waals surface area contributed by atoms with Gasteiger partial charge in [0.15, 0.2) is 6.61 Å². The summed E-state index contributed by atoms with van der Waals surface area (Å²) in [6.45, 7) is -0.248. The molecule has 1 aliphatic carbocycles. The quantitative estimate of drug-likeness (QED) is 0.664. The second-order valence-electron chi connectivity index (χ2n) is 4.30. The summed E-state index contributed by atoms with van der Waals surface area (Å²) in [4.78, 5) is 22.7. The van der Waals surface area contributed by atoms with E-state index in [1.54, 1.807) is 24.3 Å². The Morgan fingerprint density at radius 2 is 2.11 bits per heavy atom. The first-order valence-corrected chi connectivity index (χ1v) is 6.41. The molecule has 1 aromatic carbocycles. The first-order chi connectivity index (χ1) is 9.15. The molecule has 1 aliphatic rings. The van der Waals surface area contributed by atoms with Gasteiger partial charge in [-0.3, -0.25) is 4.79 Å². The maximum atomic E-state index is 11.4. The van der Waals surface area contributed by atoms with Gasteiger partial charge in [0.1, 0.15) is 0 Å². The van der Waals surface area contributed by atoms with Crippen molar-refractivity contribution < 1.29 is 14.3 Å². The van der Waals surface area contributed by atoms with Gasteiger partial charge in [0.2, 0.25) is 0 Å². The van der Waals surface area contributed by atoms with E-state index in [-0.39, 0.29) is 18.6 Å². The van der Waals surface area contributed by atoms with E-state index in [0.717, 1.165) is 18.4 Å². The highest BCUT2D eigenvalue weighted by atomic mass is 35.5. The average Bonchev–Trinajstić information content (AvgIpc) is 3.19. The number of amides is 1. The molecule has 0 aromatic heterocycles. The number of ether oxygens (including phenoxy) is 1. The lowest BCUT2D eigenvalue weighted by Crippen LogP contribution is -2.30. The van der Waals surface area contributed by atoms with Gasteiger partial charge in [-0.15, -0.1) is 0 Å². The molecule has 100 valence electrons. The molecule has 5 heteroatoms. The molecule has 0 bridgehead atoms. The SMILES string of the molecule is O=C(COC(=O)/C=C/c1ccccc1Cl)NC1CC1. The zero-order valence-corrected chi connectivity index (χ0v) is 11.0. The van der Waals surface area contributed by atoms with Gasteiger partial charge in [-0.1, -0.05) is 29.8 Å². The van der Waals surface area contributed by atoms with Crippen LogP contribution < -0.4 is 5.32 Å². The molecule has 1 aromatic rings. The Kier molecular flexibility index (Phi) is 4.58. The Balaban J connectivity index is 1.77. The fraction of sp³-hybridized carbons (Fsp3) is 0.286. The third kappa shape index (κ3) is 4.75. The minimum absolute atomic E-state index is 0.248. The predicted molar refractivity (Wildman–Crippen MR) is 72.6 cm³/mol. The van der Waals surface area contributed by atoms with E-state index in [4.69, 9.17) is 16.3 Å². The standard InChI is InChI=1S/C14H14ClNO3/c15-12-4-2-1-3-10(12)5-8-14(18)19-9-13(17)16-11-6-7-11/h1-5,8,11H,6-7,9H2,(H,16,17)/b8-5+. The monoisotopic (exact) mass is 279 g/mol. The van der Waals surface area contributed by atoms with E-state index in [1.807, 2.05) is 6.07 Å². The van der Waals surface area contributed by atoms with Crippen molar-refractivity contribution in [2.45, 2.75) is 18.9 Å². The first kappa shape index (κ1) is 13.6. The zero-order chi connectivity index (χ0) is 13.7. The van der Waals surface area contributed by atoms with Gasteiger partial charge >= 0.3 is 5.97 Å². The molecular weight excluding hydrogens is 266 g/mol. The van der Waals surface area contributed by atoms with Crippen LogP contribution in [0.3, 0.4) is 0 Å². The number of nitrogens with one attached hydrogen (secondary N) is 1. The Morgan fingerprint density at radius 3 is 2.79 bits per heavy atom. The Labute approximate surface area is 116 Å². The van der Waals surface area contributed by atoms with Crippen molar-refractivity contribution in [3.8, 4) is 0 Å². The highest BCUT2D eigenvalue weighted by molar-refractivity contribution is 6.32. The van der Waals surface area contributed by atoms with E-state index in [9.17, 15) is 9.59 Å². The first-order valence-electron chi connectivity index (χ1n) is 6.04. The number of carbonyl (C=O) groups excluding carboxylic acids is 2. The lowest BCUT2D eigenvalue weighted by Gasteiger charge is -2.03. The molecule has 0 saturated heterocycles. The van der Waals surface area contributed by atoms with Gasteiger partial charge in [0, 0.05) is 17.1 Å². The van der Waals surface area contributed by atoms with E-state index < -0.39 is 5.97 Å². The molecule has 0 heterocycles. The molecule has 0 atom stereocenters. The number of benzene rings is 1. The summed E-state index contributed by atoms with van der Waals surface area (Å²) in [7, 11) is 0. The molecular formula is C14H14ClNO3. The molecule has 1 N–H and O–H groups in total. The van der Waals surface area contributed by atoms with Crippen LogP contribution in [0, 0.1) is 0 Å². The summed E-state index contributed by atoms with van der Waals surface area (Å²) in [6.07, 6.45) is 4.83. The Morgan fingerprint density at radius 1 is 1.37 bits per heavy atom. The largest absolute Gasteiger partial charge is 0.452 e. The lowest BCUT2D eigenvalue weighted by molar-refractivity contribution is -0.143. The van der Waals surface area contributed by atoms with Crippen molar-refractivity contribution in [1.82, 2.24) is 5.32 Å². The number of esters is 1. The highest BCUT2D eigenvalue weighted by Crippen LogP contribution is 2.18. The topological polar surface area (TPSA) is 55.4 Å². The van der Waals surface area contributed by atoms with E-state index >= 15 is 0 Å². The molecule has 0 spiro atoms. The molecule has 1 amide bonds. The fourth-order valence-electron chi connectivity index (χ4n) is 1.45. The van der Waals surface area contributed by atoms with Gasteiger partial charge in [-0.05, 0) is 30.5 Å². The summed E-state index contributed by atoms with van der Waals surface area (Å²) in [5.74, 6) is -0.826. The minimum atomic E-state index is -0.564. The van der Waals surface area contributed by atoms with Crippen LogP contribution in [0.2, 0.25) is 5.02 Å². The van der Waals surface area contributed by atoms with Crippen molar-refractivity contribution in [3.05, 3.63) is 40.9 Å². The lowest BCUT2D eigenvalue weighted by atomic mass is 10.2. The highest BCUT2D eigenvalue weighted by Gasteiger charge is 2.23. The molecule has 19 heavy (non-hydrogen) atoms. The number of hydrogen-bond acceptors (Lipinski definition) is 3. The summed E-state index contributed by atoms with van der Waals surface area (Å²) in [5.41, 5.74) is 0.726. The smallest absolute Gasteiger partial charge is 0.331 e. The van der Waals surface area contributed by atoms with Crippen molar-refractivity contribution >= 4 is 29.6 Å². The van der Waals surface area contributed by atoms with Crippen LogP contribution in [0.5, 0.6) is 0 Å². The van der Waals surface area contributed by atoms with E-state index in [1.165, 1.54) is 6.08 Å². The normalized spacial score (nSPS) is 14.4. The maximum absolute atomic E-state index is 11.4. The van der Waals surface area contributed by atoms with Crippen LogP contribution >= 0.6 is 11.6 Å². The molecule has 2 rings (SSSR count). The Bertz CT molecular complexity index is 509. The molecule has 0 radical (unpaired) electrons. The van der Waals surface area contributed by atoms with Crippen molar-refractivity contribution in [3.63, 3.8) is 0 Å². The van der Waals surface area contributed by atoms with Crippen LogP contribution in [0.15, 0.2) is 30.3 Å². The van der Waals surface area contributed by atoms with Gasteiger partial charge in [0.05, 0.1) is 0 Å². The van der Waals surface area contributed by atoms with E-state index in [2.05, 4.69) is 5.32 Å². The summed E-state index contributed by atoms with van der Waals surface area (Å²) >= 11 is 5.93. The van der Waals surface area contributed by atoms with Crippen molar-refractivity contribution in [2.75, 3.05) is 6.61 Å². The average molecular weight is 280 g/mol. The number of carbonyl (C=O) groups is 2. The fourth-order valence-corrected chi connectivity index (χ4v) is 1.65. The van der Waals surface area contributed by atoms with Crippen LogP contribution in [-0.2, 0) is 14.3 Å². The van der Waals surface area contributed by atoms with Crippen LogP contribution in [0.1, 0.15) is 18.4 Å². The molecule has 4 nitrogen and oxygen atoms in total. The Hall–Kier alpha value is -1.81. The number of hydrogen-bond donors (Lipinski definition) is 1. The van der Waals surface area contributed by atoms with Gasteiger partial charge in [-0.25, -0.2) is 4.79 Å². The third-order valence-electron chi connectivity index (χ3n) is 2.59. The van der Waals surface area contributed by atoms with Crippen molar-refractivity contribution in [1.29, 1.82) is 0 Å². The van der Waals surface area contributed by atoms with Crippen molar-refractivity contribution in [2.24, 2.45) is 0 Å². The molecule has 0 unspecified atom stereocenters. The third-order valence-corrected chi connectivity index (χ3v) is 2.94. The predicted octanol–water partition coefficient (Wildman–Crippen LogP) is 2.17.